The number of hydrogen-bond acceptors (Lipinski definition) is 3. The highest BCUT2D eigenvalue weighted by Gasteiger charge is 1.88. The number of ether oxygens (including phenoxy) is 1. The molecule has 12 heavy (non-hydrogen) atoms. The van der Waals surface area contributed by atoms with Gasteiger partial charge in [-0.15, -0.1) is 0 Å². The van der Waals surface area contributed by atoms with Crippen LogP contribution in [-0.2, 0) is 11.3 Å². The Morgan fingerprint density at radius 3 is 2.42 bits per heavy atom. The molecule has 0 aliphatic carbocycles. The van der Waals surface area contributed by atoms with Gasteiger partial charge < -0.3 is 16.0 Å². The van der Waals surface area contributed by atoms with Crippen molar-refractivity contribution in [2.75, 3.05) is 13.2 Å². The predicted molar refractivity (Wildman–Crippen MR) is 48.2 cm³/mol. The van der Waals surface area contributed by atoms with Crippen LogP contribution in [0.5, 0.6) is 0 Å². The largest absolute Gasteiger partial charge is 0.394 e. The standard InChI is InChI=1S/C9H12O2.H3N/c10-6-7-11-8-9-4-2-1-3-5-9;/h1-5,10H,6-8H2;1H3. The Kier molecular flexibility index (Phi) is 6.28. The molecule has 1 aromatic rings. The van der Waals surface area contributed by atoms with E-state index in [-0.39, 0.29) is 12.8 Å². The molecule has 0 amide bonds. The Hall–Kier alpha value is -0.900. The van der Waals surface area contributed by atoms with Gasteiger partial charge in [0.25, 0.3) is 0 Å². The van der Waals surface area contributed by atoms with Crippen LogP contribution in [-0.4, -0.2) is 18.3 Å². The van der Waals surface area contributed by atoms with Crippen molar-refractivity contribution in [2.24, 2.45) is 0 Å². The number of benzene rings is 1. The van der Waals surface area contributed by atoms with Crippen LogP contribution in [0.3, 0.4) is 0 Å². The second kappa shape index (κ2) is 6.79. The van der Waals surface area contributed by atoms with Crippen molar-refractivity contribution in [1.82, 2.24) is 6.15 Å². The third kappa shape index (κ3) is 4.08. The van der Waals surface area contributed by atoms with Crippen LogP contribution in [0.2, 0.25) is 0 Å². The van der Waals surface area contributed by atoms with Crippen LogP contribution < -0.4 is 6.15 Å². The Morgan fingerprint density at radius 1 is 1.17 bits per heavy atom. The van der Waals surface area contributed by atoms with Crippen molar-refractivity contribution < 1.29 is 9.84 Å². The van der Waals surface area contributed by atoms with Gasteiger partial charge in [0.1, 0.15) is 0 Å². The molecule has 0 heterocycles. The molecule has 0 spiro atoms. The topological polar surface area (TPSA) is 64.5 Å². The molecule has 0 fully saturated rings. The molecule has 0 aliphatic heterocycles. The lowest BCUT2D eigenvalue weighted by Gasteiger charge is -2.00. The molecule has 0 atom stereocenters. The van der Waals surface area contributed by atoms with E-state index < -0.39 is 0 Å². The quantitative estimate of drug-likeness (QED) is 0.669. The fourth-order valence-electron chi connectivity index (χ4n) is 0.829. The van der Waals surface area contributed by atoms with E-state index in [2.05, 4.69) is 0 Å². The van der Waals surface area contributed by atoms with E-state index in [0.29, 0.717) is 13.2 Å². The van der Waals surface area contributed by atoms with Crippen molar-refractivity contribution >= 4 is 0 Å². The van der Waals surface area contributed by atoms with Gasteiger partial charge in [0.15, 0.2) is 0 Å². The third-order valence-electron chi connectivity index (χ3n) is 1.35. The van der Waals surface area contributed by atoms with Gasteiger partial charge in [0, 0.05) is 0 Å². The number of rotatable bonds is 4. The number of hydrogen-bond donors (Lipinski definition) is 2. The summed E-state index contributed by atoms with van der Waals surface area (Å²) in [5.74, 6) is 0. The maximum Gasteiger partial charge on any atom is 0.0718 e. The lowest BCUT2D eigenvalue weighted by molar-refractivity contribution is 0.0815. The first kappa shape index (κ1) is 11.1. The summed E-state index contributed by atoms with van der Waals surface area (Å²) in [4.78, 5) is 0. The smallest absolute Gasteiger partial charge is 0.0718 e. The molecule has 1 aromatic carbocycles. The minimum atomic E-state index is 0. The summed E-state index contributed by atoms with van der Waals surface area (Å²) in [5.41, 5.74) is 1.14. The molecular formula is C9H15NO2. The van der Waals surface area contributed by atoms with Gasteiger partial charge in [0.05, 0.1) is 19.8 Å². The number of aliphatic hydroxyl groups excluding tert-OH is 1. The van der Waals surface area contributed by atoms with Crippen molar-refractivity contribution in [1.29, 1.82) is 0 Å². The van der Waals surface area contributed by atoms with Gasteiger partial charge in [-0.2, -0.15) is 0 Å². The molecule has 0 aliphatic rings. The van der Waals surface area contributed by atoms with Crippen molar-refractivity contribution in [2.45, 2.75) is 6.61 Å². The van der Waals surface area contributed by atoms with Crippen LogP contribution >= 0.6 is 0 Å². The maximum absolute atomic E-state index is 8.42. The maximum atomic E-state index is 8.42. The van der Waals surface area contributed by atoms with E-state index in [1.165, 1.54) is 0 Å². The Morgan fingerprint density at radius 2 is 1.83 bits per heavy atom. The van der Waals surface area contributed by atoms with Gasteiger partial charge in [-0.25, -0.2) is 0 Å². The van der Waals surface area contributed by atoms with Crippen molar-refractivity contribution in [3.05, 3.63) is 35.9 Å². The molecule has 3 heteroatoms. The van der Waals surface area contributed by atoms with E-state index in [1.807, 2.05) is 30.3 Å². The average molecular weight is 169 g/mol. The SMILES string of the molecule is N.OCCOCc1ccccc1. The van der Waals surface area contributed by atoms with Crippen LogP contribution in [0.1, 0.15) is 5.56 Å². The molecule has 68 valence electrons. The highest BCUT2D eigenvalue weighted by atomic mass is 16.5. The van der Waals surface area contributed by atoms with Gasteiger partial charge >= 0.3 is 0 Å². The fraction of sp³-hybridized carbons (Fsp3) is 0.333. The summed E-state index contributed by atoms with van der Waals surface area (Å²) in [5, 5.41) is 8.42. The molecule has 3 nitrogen and oxygen atoms in total. The van der Waals surface area contributed by atoms with E-state index >= 15 is 0 Å². The fourth-order valence-corrected chi connectivity index (χ4v) is 0.829. The zero-order valence-corrected chi connectivity index (χ0v) is 7.07. The summed E-state index contributed by atoms with van der Waals surface area (Å²) in [6.45, 7) is 1.09. The minimum absolute atomic E-state index is 0. The second-order valence-corrected chi connectivity index (χ2v) is 2.26. The molecule has 0 radical (unpaired) electrons. The normalized spacial score (nSPS) is 9.08. The summed E-state index contributed by atoms with van der Waals surface area (Å²) >= 11 is 0. The Labute approximate surface area is 72.6 Å². The Bertz CT molecular complexity index is 189. The molecule has 0 aromatic heterocycles. The van der Waals surface area contributed by atoms with Gasteiger partial charge in [-0.3, -0.25) is 0 Å². The molecule has 0 unspecified atom stereocenters. The van der Waals surface area contributed by atoms with E-state index in [4.69, 9.17) is 9.84 Å². The summed E-state index contributed by atoms with van der Waals surface area (Å²) in [6.07, 6.45) is 0. The summed E-state index contributed by atoms with van der Waals surface area (Å²) < 4.78 is 5.12. The van der Waals surface area contributed by atoms with Crippen molar-refractivity contribution in [3.63, 3.8) is 0 Å². The first-order valence-electron chi connectivity index (χ1n) is 3.66. The first-order valence-corrected chi connectivity index (χ1v) is 3.66. The average Bonchev–Trinajstić information content (AvgIpc) is 2.07. The molecule has 4 N–H and O–H groups in total. The molecular weight excluding hydrogens is 154 g/mol. The summed E-state index contributed by atoms with van der Waals surface area (Å²) in [7, 11) is 0. The van der Waals surface area contributed by atoms with Crippen LogP contribution in [0, 0.1) is 0 Å². The zero-order chi connectivity index (χ0) is 7.94. The van der Waals surface area contributed by atoms with Crippen molar-refractivity contribution in [3.8, 4) is 0 Å². The second-order valence-electron chi connectivity index (χ2n) is 2.26. The van der Waals surface area contributed by atoms with Gasteiger partial charge in [0.2, 0.25) is 0 Å². The highest BCUT2D eigenvalue weighted by molar-refractivity contribution is 5.13. The van der Waals surface area contributed by atoms with Crippen LogP contribution in [0.4, 0.5) is 0 Å². The molecule has 1 rings (SSSR count). The zero-order valence-electron chi connectivity index (χ0n) is 7.07. The van der Waals surface area contributed by atoms with Crippen LogP contribution in [0.25, 0.3) is 0 Å². The minimum Gasteiger partial charge on any atom is -0.394 e. The van der Waals surface area contributed by atoms with Gasteiger partial charge in [-0.05, 0) is 5.56 Å². The highest BCUT2D eigenvalue weighted by Crippen LogP contribution is 1.99. The van der Waals surface area contributed by atoms with E-state index in [9.17, 15) is 0 Å². The monoisotopic (exact) mass is 169 g/mol. The van der Waals surface area contributed by atoms with Crippen LogP contribution in [0.15, 0.2) is 30.3 Å². The number of aliphatic hydroxyl groups is 1. The first-order chi connectivity index (χ1) is 5.43. The summed E-state index contributed by atoms with van der Waals surface area (Å²) in [6, 6.07) is 9.90. The predicted octanol–water partition coefficient (Wildman–Crippen LogP) is 1.36. The van der Waals surface area contributed by atoms with Gasteiger partial charge in [-0.1, -0.05) is 30.3 Å². The lowest BCUT2D eigenvalue weighted by atomic mass is 10.2. The van der Waals surface area contributed by atoms with E-state index in [1.54, 1.807) is 0 Å². The lowest BCUT2D eigenvalue weighted by Crippen LogP contribution is -1.98. The molecule has 0 saturated heterocycles. The Balaban J connectivity index is 0.00000121. The third-order valence-corrected chi connectivity index (χ3v) is 1.35. The molecule has 0 saturated carbocycles. The molecule has 0 bridgehead atoms. The van der Waals surface area contributed by atoms with E-state index in [0.717, 1.165) is 5.56 Å².